The third-order valence-electron chi connectivity index (χ3n) is 6.77. The second-order valence-corrected chi connectivity index (χ2v) is 9.89. The first-order valence-electron chi connectivity index (χ1n) is 11.1. The van der Waals surface area contributed by atoms with Crippen LogP contribution in [0.3, 0.4) is 0 Å². The van der Waals surface area contributed by atoms with Gasteiger partial charge in [-0.05, 0) is 68.7 Å². The van der Waals surface area contributed by atoms with Crippen LogP contribution in [0.5, 0.6) is 0 Å². The van der Waals surface area contributed by atoms with Crippen molar-refractivity contribution in [1.29, 1.82) is 0 Å². The highest BCUT2D eigenvalue weighted by Crippen LogP contribution is 2.39. The summed E-state index contributed by atoms with van der Waals surface area (Å²) in [6.07, 6.45) is 10.1. The molecule has 5 rings (SSSR count). The maximum atomic E-state index is 9.37. The number of rotatable bonds is 6. The maximum Gasteiger partial charge on any atom is 0.138 e. The van der Waals surface area contributed by atoms with Gasteiger partial charge in [0.15, 0.2) is 0 Å². The monoisotopic (exact) mass is 422 g/mol. The van der Waals surface area contributed by atoms with Gasteiger partial charge in [0.25, 0.3) is 0 Å². The summed E-state index contributed by atoms with van der Waals surface area (Å²) in [6.45, 7) is 1.04. The zero-order valence-electron chi connectivity index (χ0n) is 17.6. The number of anilines is 1. The number of hydrogen-bond acceptors (Lipinski definition) is 6. The van der Waals surface area contributed by atoms with Crippen LogP contribution in [0.2, 0.25) is 0 Å². The Morgan fingerprint density at radius 1 is 1.13 bits per heavy atom. The van der Waals surface area contributed by atoms with E-state index in [4.69, 9.17) is 0 Å². The first kappa shape index (κ1) is 19.9. The van der Waals surface area contributed by atoms with Gasteiger partial charge in [-0.15, -0.1) is 11.3 Å². The minimum atomic E-state index is 0.109. The van der Waals surface area contributed by atoms with Crippen molar-refractivity contribution in [2.45, 2.75) is 70.2 Å². The molecule has 0 radical (unpaired) electrons. The highest BCUT2D eigenvalue weighted by Gasteiger charge is 2.26. The molecule has 1 saturated carbocycles. The van der Waals surface area contributed by atoms with Gasteiger partial charge in [0, 0.05) is 23.5 Å². The molecule has 2 aromatic heterocycles. The Balaban J connectivity index is 1.21. The van der Waals surface area contributed by atoms with E-state index in [1.54, 1.807) is 6.33 Å². The number of nitrogens with one attached hydrogen (secondary N) is 1. The summed E-state index contributed by atoms with van der Waals surface area (Å²) in [5.41, 5.74) is 3.76. The van der Waals surface area contributed by atoms with Gasteiger partial charge < -0.3 is 10.4 Å². The zero-order valence-corrected chi connectivity index (χ0v) is 18.4. The predicted molar refractivity (Wildman–Crippen MR) is 123 cm³/mol. The van der Waals surface area contributed by atoms with Crippen molar-refractivity contribution in [3.8, 4) is 0 Å². The molecule has 30 heavy (non-hydrogen) atoms. The van der Waals surface area contributed by atoms with Crippen molar-refractivity contribution in [3.63, 3.8) is 0 Å². The van der Waals surface area contributed by atoms with Crippen molar-refractivity contribution in [1.82, 2.24) is 14.9 Å². The van der Waals surface area contributed by atoms with Crippen LogP contribution in [0.15, 0.2) is 30.6 Å². The van der Waals surface area contributed by atoms with Crippen LogP contribution >= 0.6 is 11.3 Å². The van der Waals surface area contributed by atoms with Crippen LogP contribution < -0.4 is 5.32 Å². The van der Waals surface area contributed by atoms with E-state index in [1.165, 1.54) is 66.3 Å². The van der Waals surface area contributed by atoms with E-state index in [2.05, 4.69) is 39.4 Å². The fraction of sp³-hybridized carbons (Fsp3) is 0.500. The molecule has 5 nitrogen and oxygen atoms in total. The van der Waals surface area contributed by atoms with Crippen LogP contribution in [-0.2, 0) is 26.0 Å². The summed E-state index contributed by atoms with van der Waals surface area (Å²) in [6, 6.07) is 9.39. The van der Waals surface area contributed by atoms with Gasteiger partial charge in [0.2, 0.25) is 0 Å². The molecule has 158 valence electrons. The van der Waals surface area contributed by atoms with Crippen LogP contribution in [0.25, 0.3) is 10.2 Å². The van der Waals surface area contributed by atoms with Crippen molar-refractivity contribution in [3.05, 3.63) is 52.2 Å². The number of nitrogens with zero attached hydrogens (tertiary/aromatic N) is 3. The van der Waals surface area contributed by atoms with Crippen LogP contribution in [-0.4, -0.2) is 39.1 Å². The van der Waals surface area contributed by atoms with Crippen molar-refractivity contribution in [2.24, 2.45) is 0 Å². The van der Waals surface area contributed by atoms with Crippen LogP contribution in [0, 0.1) is 0 Å². The van der Waals surface area contributed by atoms with Gasteiger partial charge >= 0.3 is 0 Å². The van der Waals surface area contributed by atoms with Crippen molar-refractivity contribution in [2.75, 3.05) is 12.4 Å². The summed E-state index contributed by atoms with van der Waals surface area (Å²) in [7, 11) is 2.23. The Hall–Kier alpha value is -2.02. The summed E-state index contributed by atoms with van der Waals surface area (Å²) in [5, 5.41) is 14.4. The fourth-order valence-corrected chi connectivity index (χ4v) is 6.36. The number of benzene rings is 1. The molecule has 0 atom stereocenters. The van der Waals surface area contributed by atoms with Gasteiger partial charge in [-0.1, -0.05) is 24.3 Å². The Labute approximate surface area is 182 Å². The Kier molecular flexibility index (Phi) is 5.72. The van der Waals surface area contributed by atoms with Crippen LogP contribution in [0.1, 0.15) is 53.7 Å². The van der Waals surface area contributed by atoms with Gasteiger partial charge in [0.05, 0.1) is 12.0 Å². The number of aliphatic hydroxyl groups is 1. The number of hydrogen-bond donors (Lipinski definition) is 2. The molecule has 0 spiro atoms. The SMILES string of the molecule is CN(Cc1cccc(CO)c1)C1CCC(Nc2ncnc3sc4c(c23)CCC4)CC1. The molecule has 2 aliphatic rings. The number of thiophene rings is 1. The molecule has 1 fully saturated rings. The second-order valence-electron chi connectivity index (χ2n) is 8.80. The van der Waals surface area contributed by atoms with Crippen LogP contribution in [0.4, 0.5) is 5.82 Å². The van der Waals surface area contributed by atoms with E-state index in [-0.39, 0.29) is 6.61 Å². The van der Waals surface area contributed by atoms with Crippen molar-refractivity contribution >= 4 is 27.4 Å². The third-order valence-corrected chi connectivity index (χ3v) is 7.97. The molecule has 0 bridgehead atoms. The number of aliphatic hydroxyl groups excluding tert-OH is 1. The lowest BCUT2D eigenvalue weighted by atomic mass is 9.90. The lowest BCUT2D eigenvalue weighted by molar-refractivity contribution is 0.179. The highest BCUT2D eigenvalue weighted by molar-refractivity contribution is 7.19. The number of fused-ring (bicyclic) bond motifs is 3. The topological polar surface area (TPSA) is 61.3 Å². The average molecular weight is 423 g/mol. The fourth-order valence-electron chi connectivity index (χ4n) is 5.14. The summed E-state index contributed by atoms with van der Waals surface area (Å²) in [4.78, 5) is 14.3. The average Bonchev–Trinajstić information content (AvgIpc) is 3.36. The highest BCUT2D eigenvalue weighted by atomic mass is 32.1. The Morgan fingerprint density at radius 3 is 2.80 bits per heavy atom. The molecule has 6 heteroatoms. The van der Waals surface area contributed by atoms with Gasteiger partial charge in [-0.2, -0.15) is 0 Å². The Bertz CT molecular complexity index is 1030. The van der Waals surface area contributed by atoms with E-state index in [0.717, 1.165) is 22.8 Å². The minimum Gasteiger partial charge on any atom is -0.392 e. The molecular formula is C24H30N4OS. The van der Waals surface area contributed by atoms with E-state index in [0.29, 0.717) is 12.1 Å². The quantitative estimate of drug-likeness (QED) is 0.611. The summed E-state index contributed by atoms with van der Waals surface area (Å²) < 4.78 is 0. The second kappa shape index (κ2) is 8.61. The minimum absolute atomic E-state index is 0.109. The predicted octanol–water partition coefficient (Wildman–Crippen LogP) is 4.53. The lowest BCUT2D eigenvalue weighted by Gasteiger charge is -2.35. The van der Waals surface area contributed by atoms with Crippen molar-refractivity contribution < 1.29 is 5.11 Å². The van der Waals surface area contributed by atoms with Gasteiger partial charge in [-0.3, -0.25) is 4.90 Å². The van der Waals surface area contributed by atoms with Gasteiger partial charge in [0.1, 0.15) is 17.0 Å². The molecule has 3 aromatic rings. The lowest BCUT2D eigenvalue weighted by Crippen LogP contribution is -2.38. The van der Waals surface area contributed by atoms with E-state index >= 15 is 0 Å². The zero-order chi connectivity index (χ0) is 20.5. The first-order valence-corrected chi connectivity index (χ1v) is 11.9. The molecule has 0 aliphatic heterocycles. The molecule has 2 N–H and O–H groups in total. The molecule has 1 aromatic carbocycles. The summed E-state index contributed by atoms with van der Waals surface area (Å²) in [5.74, 6) is 1.05. The molecule has 0 amide bonds. The van der Waals surface area contributed by atoms with E-state index in [1.807, 2.05) is 23.5 Å². The van der Waals surface area contributed by atoms with E-state index in [9.17, 15) is 5.11 Å². The molecule has 0 unspecified atom stereocenters. The number of aryl methyl sites for hydroxylation is 2. The largest absolute Gasteiger partial charge is 0.392 e. The smallest absolute Gasteiger partial charge is 0.138 e. The normalized spacial score (nSPS) is 21.3. The van der Waals surface area contributed by atoms with Gasteiger partial charge in [-0.25, -0.2) is 9.97 Å². The molecular weight excluding hydrogens is 392 g/mol. The third kappa shape index (κ3) is 3.96. The standard InChI is InChI=1S/C24H30N4OS/c1-28(13-16-4-2-5-17(12-16)14-29)19-10-8-18(9-11-19)27-23-22-20-6-3-7-21(20)30-24(22)26-15-25-23/h2,4-5,12,15,18-19,29H,3,6-11,13-14H2,1H3,(H,25,26,27). The molecule has 2 heterocycles. The van der Waals surface area contributed by atoms with E-state index < -0.39 is 0 Å². The summed E-state index contributed by atoms with van der Waals surface area (Å²) >= 11 is 1.86. The maximum absolute atomic E-state index is 9.37. The molecule has 0 saturated heterocycles. The number of aromatic nitrogens is 2. The molecule has 2 aliphatic carbocycles. The Morgan fingerprint density at radius 2 is 1.97 bits per heavy atom. The first-order chi connectivity index (χ1) is 14.7.